The smallest absolute Gasteiger partial charge is 0.208 e. The van der Waals surface area contributed by atoms with Gasteiger partial charge in [0.05, 0.1) is 10.6 Å². The Morgan fingerprint density at radius 2 is 1.82 bits per heavy atom. The van der Waals surface area contributed by atoms with Gasteiger partial charge in [0.2, 0.25) is 10.0 Å². The van der Waals surface area contributed by atoms with Crippen LogP contribution in [0.3, 0.4) is 0 Å². The van der Waals surface area contributed by atoms with Gasteiger partial charge in [0.15, 0.2) is 0 Å². The van der Waals surface area contributed by atoms with Gasteiger partial charge in [-0.1, -0.05) is 6.92 Å². The first-order valence-electron chi connectivity index (χ1n) is 7.40. The molecule has 0 spiro atoms. The second-order valence-electron chi connectivity index (χ2n) is 5.83. The zero-order valence-corrected chi connectivity index (χ0v) is 13.2. The van der Waals surface area contributed by atoms with Gasteiger partial charge in [-0.2, -0.15) is 0 Å². The lowest BCUT2D eigenvalue weighted by Crippen LogP contribution is -2.37. The topological polar surface area (TPSA) is 89.8 Å². The molecule has 0 aliphatic heterocycles. The van der Waals surface area contributed by atoms with E-state index in [2.05, 4.69) is 27.2 Å². The van der Waals surface area contributed by atoms with E-state index in [0.717, 1.165) is 31.4 Å². The Hall–Kier alpha value is -1.80. The molecule has 3 rings (SSSR count). The number of tetrazole rings is 1. The lowest BCUT2D eigenvalue weighted by molar-refractivity contribution is 0.332. The molecule has 1 aliphatic carbocycles. The van der Waals surface area contributed by atoms with Crippen LogP contribution in [0.2, 0.25) is 0 Å². The minimum Gasteiger partial charge on any atom is -0.208 e. The fourth-order valence-corrected chi connectivity index (χ4v) is 4.03. The number of hydrogen-bond donors (Lipinski definition) is 1. The van der Waals surface area contributed by atoms with Gasteiger partial charge in [0, 0.05) is 6.04 Å². The van der Waals surface area contributed by atoms with Crippen LogP contribution in [0.4, 0.5) is 0 Å². The summed E-state index contributed by atoms with van der Waals surface area (Å²) in [5, 5.41) is 10.9. The third kappa shape index (κ3) is 3.33. The van der Waals surface area contributed by atoms with Gasteiger partial charge in [-0.05, 0) is 66.3 Å². The van der Waals surface area contributed by atoms with Crippen LogP contribution in [-0.2, 0) is 10.0 Å². The van der Waals surface area contributed by atoms with Gasteiger partial charge in [0.25, 0.3) is 0 Å². The Balaban J connectivity index is 1.72. The number of nitrogens with one attached hydrogen (secondary N) is 1. The van der Waals surface area contributed by atoms with Gasteiger partial charge < -0.3 is 0 Å². The van der Waals surface area contributed by atoms with E-state index in [1.54, 1.807) is 24.3 Å². The highest BCUT2D eigenvalue weighted by molar-refractivity contribution is 7.89. The van der Waals surface area contributed by atoms with Crippen LogP contribution in [0.25, 0.3) is 5.69 Å². The highest BCUT2D eigenvalue weighted by Crippen LogP contribution is 2.24. The van der Waals surface area contributed by atoms with Crippen LogP contribution in [0.15, 0.2) is 35.5 Å². The van der Waals surface area contributed by atoms with Crippen LogP contribution in [0.5, 0.6) is 0 Å². The summed E-state index contributed by atoms with van der Waals surface area (Å²) in [6.07, 6.45) is 5.42. The molecule has 1 aliphatic rings. The molecule has 1 aromatic heterocycles. The number of sulfonamides is 1. The summed E-state index contributed by atoms with van der Waals surface area (Å²) in [6, 6.07) is 6.57. The van der Waals surface area contributed by atoms with Crippen molar-refractivity contribution in [1.82, 2.24) is 24.9 Å². The van der Waals surface area contributed by atoms with Gasteiger partial charge in [-0.3, -0.25) is 0 Å². The largest absolute Gasteiger partial charge is 0.240 e. The van der Waals surface area contributed by atoms with E-state index >= 15 is 0 Å². The highest BCUT2D eigenvalue weighted by Gasteiger charge is 2.24. The van der Waals surface area contributed by atoms with E-state index in [9.17, 15) is 8.42 Å². The molecule has 0 atom stereocenters. The van der Waals surface area contributed by atoms with Crippen molar-refractivity contribution in [3.8, 4) is 5.69 Å². The molecule has 8 heteroatoms. The van der Waals surface area contributed by atoms with E-state index in [1.807, 2.05) is 0 Å². The average Bonchev–Trinajstić information content (AvgIpc) is 3.04. The fourth-order valence-electron chi connectivity index (χ4n) is 2.72. The van der Waals surface area contributed by atoms with E-state index in [1.165, 1.54) is 11.0 Å². The predicted molar refractivity (Wildman–Crippen MR) is 80.9 cm³/mol. The molecular weight excluding hydrogens is 302 g/mol. The standard InChI is InChI=1S/C14H19N5O2S/c1-11-2-4-12(5-3-11)16-22(20,21)14-8-6-13(7-9-14)19-10-15-17-18-19/h6-12,16H,2-5H2,1H3. The van der Waals surface area contributed by atoms with Crippen molar-refractivity contribution in [2.75, 3.05) is 0 Å². The van der Waals surface area contributed by atoms with E-state index in [4.69, 9.17) is 0 Å². The molecule has 0 radical (unpaired) electrons. The molecule has 0 bridgehead atoms. The molecule has 1 saturated carbocycles. The second-order valence-corrected chi connectivity index (χ2v) is 7.54. The Kier molecular flexibility index (Phi) is 4.21. The fraction of sp³-hybridized carbons (Fsp3) is 0.500. The van der Waals surface area contributed by atoms with Gasteiger partial charge >= 0.3 is 0 Å². The summed E-state index contributed by atoms with van der Waals surface area (Å²) in [4.78, 5) is 0.267. The zero-order valence-electron chi connectivity index (χ0n) is 12.4. The van der Waals surface area contributed by atoms with Crippen molar-refractivity contribution in [2.24, 2.45) is 5.92 Å². The maximum absolute atomic E-state index is 12.4. The summed E-state index contributed by atoms with van der Waals surface area (Å²) >= 11 is 0. The van der Waals surface area contributed by atoms with Crippen LogP contribution in [0.1, 0.15) is 32.6 Å². The van der Waals surface area contributed by atoms with Crippen LogP contribution < -0.4 is 4.72 Å². The van der Waals surface area contributed by atoms with Crippen molar-refractivity contribution >= 4 is 10.0 Å². The molecule has 1 aromatic carbocycles. The molecule has 0 saturated heterocycles. The summed E-state index contributed by atoms with van der Waals surface area (Å²) < 4.78 is 29.1. The maximum Gasteiger partial charge on any atom is 0.240 e. The van der Waals surface area contributed by atoms with Gasteiger partial charge in [0.1, 0.15) is 6.33 Å². The average molecular weight is 321 g/mol. The van der Waals surface area contributed by atoms with Gasteiger partial charge in [-0.25, -0.2) is 17.8 Å². The number of rotatable bonds is 4. The van der Waals surface area contributed by atoms with Crippen molar-refractivity contribution in [2.45, 2.75) is 43.5 Å². The molecule has 2 aromatic rings. The second kappa shape index (κ2) is 6.13. The number of benzene rings is 1. The van der Waals surface area contributed by atoms with Crippen molar-refractivity contribution in [3.63, 3.8) is 0 Å². The summed E-state index contributed by atoms with van der Waals surface area (Å²) in [7, 11) is -3.47. The van der Waals surface area contributed by atoms with Gasteiger partial charge in [-0.15, -0.1) is 5.10 Å². The van der Waals surface area contributed by atoms with Crippen molar-refractivity contribution in [1.29, 1.82) is 0 Å². The molecule has 1 heterocycles. The zero-order chi connectivity index (χ0) is 15.6. The Morgan fingerprint density at radius 1 is 1.14 bits per heavy atom. The predicted octanol–water partition coefficient (Wildman–Crippen LogP) is 1.52. The number of hydrogen-bond acceptors (Lipinski definition) is 5. The Bertz CT molecular complexity index is 704. The monoisotopic (exact) mass is 321 g/mol. The lowest BCUT2D eigenvalue weighted by atomic mass is 9.88. The SMILES string of the molecule is CC1CCC(NS(=O)(=O)c2ccc(-n3cnnn3)cc2)CC1. The quantitative estimate of drug-likeness (QED) is 0.922. The molecule has 22 heavy (non-hydrogen) atoms. The third-order valence-electron chi connectivity index (χ3n) is 4.10. The van der Waals surface area contributed by atoms with E-state index < -0.39 is 10.0 Å². The maximum atomic E-state index is 12.4. The van der Waals surface area contributed by atoms with E-state index in [0.29, 0.717) is 5.92 Å². The summed E-state index contributed by atoms with van der Waals surface area (Å²) in [5.41, 5.74) is 0.718. The number of aromatic nitrogens is 4. The van der Waals surface area contributed by atoms with Crippen LogP contribution in [0, 0.1) is 5.92 Å². The van der Waals surface area contributed by atoms with Crippen LogP contribution in [-0.4, -0.2) is 34.7 Å². The molecule has 0 amide bonds. The summed E-state index contributed by atoms with van der Waals surface area (Å²) in [6.45, 7) is 2.21. The number of nitrogens with zero attached hydrogens (tertiary/aromatic N) is 4. The molecule has 1 N–H and O–H groups in total. The van der Waals surface area contributed by atoms with Crippen molar-refractivity contribution < 1.29 is 8.42 Å². The molecule has 118 valence electrons. The normalized spacial score (nSPS) is 22.6. The summed E-state index contributed by atoms with van der Waals surface area (Å²) in [5.74, 6) is 0.691. The van der Waals surface area contributed by atoms with Crippen molar-refractivity contribution in [3.05, 3.63) is 30.6 Å². The molecule has 0 unspecified atom stereocenters. The molecular formula is C14H19N5O2S. The highest BCUT2D eigenvalue weighted by atomic mass is 32.2. The molecule has 7 nitrogen and oxygen atoms in total. The first-order valence-corrected chi connectivity index (χ1v) is 8.89. The minimum absolute atomic E-state index is 0.0420. The third-order valence-corrected chi connectivity index (χ3v) is 5.63. The van der Waals surface area contributed by atoms with Crippen LogP contribution >= 0.6 is 0 Å². The van der Waals surface area contributed by atoms with E-state index in [-0.39, 0.29) is 10.9 Å². The molecule has 1 fully saturated rings. The Morgan fingerprint density at radius 3 is 2.41 bits per heavy atom. The minimum atomic E-state index is -3.47. The Labute approximate surface area is 129 Å². The lowest BCUT2D eigenvalue weighted by Gasteiger charge is -2.26. The first kappa shape index (κ1) is 15.1. The first-order chi connectivity index (χ1) is 10.5.